The van der Waals surface area contributed by atoms with Gasteiger partial charge in [0.25, 0.3) is 11.5 Å². The van der Waals surface area contributed by atoms with Crippen LogP contribution in [0.1, 0.15) is 45.5 Å². The minimum atomic E-state index is -4.95. The molecule has 4 aromatic rings. The molecule has 0 radical (unpaired) electrons. The van der Waals surface area contributed by atoms with Crippen molar-refractivity contribution in [2.24, 2.45) is 7.05 Å². The van der Waals surface area contributed by atoms with Gasteiger partial charge in [0.05, 0.1) is 11.1 Å². The van der Waals surface area contributed by atoms with E-state index >= 15 is 4.39 Å². The summed E-state index contributed by atoms with van der Waals surface area (Å²) in [6, 6.07) is 10.0. The van der Waals surface area contributed by atoms with Gasteiger partial charge in [-0.25, -0.2) is 18.0 Å². The number of aliphatic carboxylic acids is 1. The predicted octanol–water partition coefficient (Wildman–Crippen LogP) is 5.48. The molecule has 0 aliphatic heterocycles. The minimum absolute atomic E-state index is 0.0235. The summed E-state index contributed by atoms with van der Waals surface area (Å²) in [6.07, 6.45) is -5.60. The SMILES string of the molecule is Cn1c(=O)c(C2(c3cccc(C[C@H](NC(=O)c4c(F)cccc4F)C(=O)O)c3F)CC2)c(C(F)(F)F)c2ccccc21. The molecule has 1 heterocycles. The number of hydrogen-bond acceptors (Lipinski definition) is 3. The number of hydrogen-bond donors (Lipinski definition) is 2. The fraction of sp³-hybridized carbons (Fsp3) is 0.233. The molecule has 6 nitrogen and oxygen atoms in total. The average molecular weight is 589 g/mol. The smallest absolute Gasteiger partial charge is 0.417 e. The normalized spacial score (nSPS) is 14.9. The minimum Gasteiger partial charge on any atom is -0.480 e. The summed E-state index contributed by atoms with van der Waals surface area (Å²) in [4.78, 5) is 37.9. The molecular formula is C30H22F6N2O4. The van der Waals surface area contributed by atoms with Crippen molar-refractivity contribution in [1.82, 2.24) is 9.88 Å². The van der Waals surface area contributed by atoms with Crippen LogP contribution >= 0.6 is 0 Å². The van der Waals surface area contributed by atoms with E-state index in [1.54, 1.807) is 0 Å². The Kier molecular flexibility index (Phi) is 7.12. The zero-order chi connectivity index (χ0) is 30.6. The summed E-state index contributed by atoms with van der Waals surface area (Å²) < 4.78 is 88.8. The van der Waals surface area contributed by atoms with Crippen molar-refractivity contribution in [3.05, 3.63) is 116 Å². The zero-order valence-electron chi connectivity index (χ0n) is 21.9. The van der Waals surface area contributed by atoms with E-state index in [0.717, 1.165) is 22.8 Å². The second-order valence-corrected chi connectivity index (χ2v) is 10.2. The largest absolute Gasteiger partial charge is 0.480 e. The Balaban J connectivity index is 1.58. The van der Waals surface area contributed by atoms with Crippen molar-refractivity contribution in [2.45, 2.75) is 36.9 Å². The number of carbonyl (C=O) groups is 2. The second kappa shape index (κ2) is 10.3. The topological polar surface area (TPSA) is 88.4 Å². The van der Waals surface area contributed by atoms with Crippen LogP contribution in [0.2, 0.25) is 0 Å². The number of rotatable bonds is 7. The molecule has 1 saturated carbocycles. The molecule has 0 unspecified atom stereocenters. The molecule has 5 rings (SSSR count). The van der Waals surface area contributed by atoms with Crippen LogP contribution in [0.4, 0.5) is 26.3 Å². The molecule has 0 spiro atoms. The number of carbonyl (C=O) groups excluding carboxylic acids is 1. The summed E-state index contributed by atoms with van der Waals surface area (Å²) in [5.74, 6) is -6.55. The molecule has 1 atom stereocenters. The Morgan fingerprint density at radius 2 is 1.60 bits per heavy atom. The molecule has 42 heavy (non-hydrogen) atoms. The van der Waals surface area contributed by atoms with Gasteiger partial charge >= 0.3 is 12.1 Å². The van der Waals surface area contributed by atoms with Gasteiger partial charge in [-0.1, -0.05) is 42.5 Å². The Hall–Kier alpha value is -4.61. The van der Waals surface area contributed by atoms with Gasteiger partial charge < -0.3 is 15.0 Å². The Morgan fingerprint density at radius 1 is 0.976 bits per heavy atom. The van der Waals surface area contributed by atoms with E-state index in [9.17, 15) is 41.4 Å². The van der Waals surface area contributed by atoms with Crippen molar-refractivity contribution in [3.8, 4) is 0 Å². The first-order valence-electron chi connectivity index (χ1n) is 12.7. The monoisotopic (exact) mass is 588 g/mol. The van der Waals surface area contributed by atoms with Gasteiger partial charge in [0.2, 0.25) is 0 Å². The number of fused-ring (bicyclic) bond motifs is 1. The number of carboxylic acids is 1. The Labute approximate surface area is 234 Å². The first-order valence-corrected chi connectivity index (χ1v) is 12.7. The van der Waals surface area contributed by atoms with Crippen LogP contribution in [-0.2, 0) is 29.9 Å². The lowest BCUT2D eigenvalue weighted by atomic mass is 9.82. The van der Waals surface area contributed by atoms with Gasteiger partial charge in [-0.3, -0.25) is 9.59 Å². The van der Waals surface area contributed by atoms with Gasteiger partial charge in [-0.05, 0) is 42.2 Å². The van der Waals surface area contributed by atoms with Crippen LogP contribution in [0.15, 0.2) is 65.5 Å². The summed E-state index contributed by atoms with van der Waals surface area (Å²) in [6.45, 7) is 0. The van der Waals surface area contributed by atoms with Crippen molar-refractivity contribution in [1.29, 1.82) is 0 Å². The summed E-state index contributed by atoms with van der Waals surface area (Å²) in [5.41, 5.74) is -5.83. The predicted molar refractivity (Wildman–Crippen MR) is 140 cm³/mol. The lowest BCUT2D eigenvalue weighted by molar-refractivity contribution is -0.139. The molecule has 1 aliphatic rings. The Bertz CT molecular complexity index is 1790. The molecular weight excluding hydrogens is 566 g/mol. The number of carboxylic acid groups (broad SMARTS) is 1. The molecule has 1 aromatic heterocycles. The highest BCUT2D eigenvalue weighted by molar-refractivity contribution is 5.97. The lowest BCUT2D eigenvalue weighted by Gasteiger charge is -2.25. The maximum Gasteiger partial charge on any atom is 0.417 e. The highest BCUT2D eigenvalue weighted by Crippen LogP contribution is 2.56. The fourth-order valence-corrected chi connectivity index (χ4v) is 5.49. The number of pyridine rings is 1. The van der Waals surface area contributed by atoms with E-state index in [-0.39, 0.29) is 34.9 Å². The average Bonchev–Trinajstić information content (AvgIpc) is 3.72. The van der Waals surface area contributed by atoms with Gasteiger partial charge in [-0.15, -0.1) is 0 Å². The van der Waals surface area contributed by atoms with Crippen molar-refractivity contribution in [3.63, 3.8) is 0 Å². The van der Waals surface area contributed by atoms with Crippen LogP contribution in [0.5, 0.6) is 0 Å². The van der Waals surface area contributed by atoms with Crippen LogP contribution < -0.4 is 10.9 Å². The maximum atomic E-state index is 16.1. The number of nitrogens with zero attached hydrogens (tertiary/aromatic N) is 1. The van der Waals surface area contributed by atoms with Gasteiger partial charge in [0.15, 0.2) is 0 Å². The number of para-hydroxylation sites is 1. The number of aryl methyl sites for hydroxylation is 1. The van der Waals surface area contributed by atoms with E-state index in [1.807, 2.05) is 5.32 Å². The second-order valence-electron chi connectivity index (χ2n) is 10.2. The lowest BCUT2D eigenvalue weighted by Crippen LogP contribution is -2.43. The van der Waals surface area contributed by atoms with Gasteiger partial charge in [-0.2, -0.15) is 13.2 Å². The molecule has 12 heteroatoms. The van der Waals surface area contributed by atoms with Crippen LogP contribution in [0.3, 0.4) is 0 Å². The van der Waals surface area contributed by atoms with Crippen LogP contribution in [-0.4, -0.2) is 27.6 Å². The summed E-state index contributed by atoms with van der Waals surface area (Å²) >= 11 is 0. The van der Waals surface area contributed by atoms with Crippen LogP contribution in [0.25, 0.3) is 10.9 Å². The number of nitrogens with one attached hydrogen (secondary N) is 1. The summed E-state index contributed by atoms with van der Waals surface area (Å²) in [7, 11) is 1.33. The maximum absolute atomic E-state index is 16.1. The number of halogens is 6. The number of benzene rings is 3. The molecule has 0 bridgehead atoms. The number of amides is 1. The number of alkyl halides is 3. The quantitative estimate of drug-likeness (QED) is 0.280. The van der Waals surface area contributed by atoms with E-state index in [1.165, 1.54) is 49.5 Å². The van der Waals surface area contributed by atoms with Gasteiger partial charge in [0, 0.05) is 29.8 Å². The molecule has 218 valence electrons. The third-order valence-electron chi connectivity index (χ3n) is 7.63. The highest BCUT2D eigenvalue weighted by Gasteiger charge is 2.54. The van der Waals surface area contributed by atoms with E-state index in [0.29, 0.717) is 0 Å². The fourth-order valence-electron chi connectivity index (χ4n) is 5.49. The summed E-state index contributed by atoms with van der Waals surface area (Å²) in [5, 5.41) is 11.4. The molecule has 3 aromatic carbocycles. The third-order valence-corrected chi connectivity index (χ3v) is 7.63. The van der Waals surface area contributed by atoms with Crippen molar-refractivity contribution >= 4 is 22.8 Å². The molecule has 1 aliphatic carbocycles. The highest BCUT2D eigenvalue weighted by atomic mass is 19.4. The first-order chi connectivity index (χ1) is 19.8. The van der Waals surface area contributed by atoms with Crippen LogP contribution in [0, 0.1) is 17.5 Å². The third kappa shape index (κ3) is 4.80. The molecule has 1 amide bonds. The van der Waals surface area contributed by atoms with E-state index in [2.05, 4.69) is 0 Å². The molecule has 0 saturated heterocycles. The Morgan fingerprint density at radius 3 is 2.19 bits per heavy atom. The van der Waals surface area contributed by atoms with Crippen molar-refractivity contribution in [2.75, 3.05) is 0 Å². The number of aromatic nitrogens is 1. The first kappa shape index (κ1) is 28.9. The zero-order valence-corrected chi connectivity index (χ0v) is 21.9. The van der Waals surface area contributed by atoms with Gasteiger partial charge in [0.1, 0.15) is 29.1 Å². The molecule has 1 fully saturated rings. The van der Waals surface area contributed by atoms with E-state index in [4.69, 9.17) is 0 Å². The van der Waals surface area contributed by atoms with E-state index < -0.39 is 75.6 Å². The van der Waals surface area contributed by atoms with Crippen molar-refractivity contribution < 1.29 is 41.0 Å². The molecule has 2 N–H and O–H groups in total. The standard InChI is InChI=1S/C30H22F6N2O4/c1-38-21-11-3-2-7-16(21)23(30(34,35)36)24(27(38)40)29(12-13-29)17-8-4-6-15(25(17)33)14-20(28(41)42)37-26(39)22-18(31)9-5-10-19(22)32/h2-11,20H,12-14H2,1H3,(H,37,39)(H,41,42)/t20-/m0/s1.